The third-order valence-corrected chi connectivity index (χ3v) is 4.31. The summed E-state index contributed by atoms with van der Waals surface area (Å²) in [5.74, 6) is 0.548. The van der Waals surface area contributed by atoms with Gasteiger partial charge in [-0.2, -0.15) is 0 Å². The lowest BCUT2D eigenvalue weighted by Gasteiger charge is -2.30. The van der Waals surface area contributed by atoms with Crippen LogP contribution in [0.2, 0.25) is 0 Å². The molecular weight excluding hydrogens is 274 g/mol. The van der Waals surface area contributed by atoms with Crippen molar-refractivity contribution in [2.24, 2.45) is 5.92 Å². The summed E-state index contributed by atoms with van der Waals surface area (Å²) in [6, 6.07) is 10.0. The highest BCUT2D eigenvalue weighted by molar-refractivity contribution is 5.82. The Bertz CT molecular complexity index is 670. The smallest absolute Gasteiger partial charge is 0.317 e. The number of nitrogens with one attached hydrogen (secondary N) is 1. The zero-order chi connectivity index (χ0) is 15.4. The molecule has 22 heavy (non-hydrogen) atoms. The number of benzene rings is 1. The van der Waals surface area contributed by atoms with Crippen LogP contribution in [-0.4, -0.2) is 29.0 Å². The first-order valence-corrected chi connectivity index (χ1v) is 7.76. The van der Waals surface area contributed by atoms with Gasteiger partial charge in [-0.15, -0.1) is 6.58 Å². The van der Waals surface area contributed by atoms with Crippen LogP contribution in [-0.2, 0) is 6.54 Å². The number of aromatic nitrogens is 1. The van der Waals surface area contributed by atoms with Gasteiger partial charge in [0, 0.05) is 31.2 Å². The van der Waals surface area contributed by atoms with Crippen LogP contribution in [0.3, 0.4) is 0 Å². The maximum atomic E-state index is 12.3. The van der Waals surface area contributed by atoms with E-state index >= 15 is 0 Å². The van der Waals surface area contributed by atoms with Gasteiger partial charge in [0.15, 0.2) is 0 Å². The molecule has 2 aromatic rings. The molecule has 0 unspecified atom stereocenters. The Balaban J connectivity index is 1.62. The van der Waals surface area contributed by atoms with Crippen molar-refractivity contribution < 1.29 is 4.79 Å². The molecule has 1 aliphatic rings. The molecule has 1 aromatic heterocycles. The van der Waals surface area contributed by atoms with E-state index in [1.165, 1.54) is 0 Å². The van der Waals surface area contributed by atoms with Crippen LogP contribution in [0.5, 0.6) is 0 Å². The first-order valence-electron chi connectivity index (χ1n) is 7.76. The largest absolute Gasteiger partial charge is 0.334 e. The van der Waals surface area contributed by atoms with Crippen molar-refractivity contribution in [2.75, 3.05) is 13.1 Å². The van der Waals surface area contributed by atoms with Crippen molar-refractivity contribution in [1.82, 2.24) is 15.2 Å². The summed E-state index contributed by atoms with van der Waals surface area (Å²) in [6.45, 7) is 5.95. The summed E-state index contributed by atoms with van der Waals surface area (Å²) in [5, 5.41) is 4.11. The van der Waals surface area contributed by atoms with Gasteiger partial charge in [-0.3, -0.25) is 4.98 Å². The molecule has 0 atom stereocenters. The Hall–Kier alpha value is -2.36. The second-order valence-corrected chi connectivity index (χ2v) is 5.71. The van der Waals surface area contributed by atoms with Gasteiger partial charge in [-0.25, -0.2) is 4.79 Å². The molecule has 0 saturated carbocycles. The number of hydrogen-bond donors (Lipinski definition) is 1. The van der Waals surface area contributed by atoms with E-state index in [2.05, 4.69) is 16.9 Å². The SMILES string of the molecule is C=CC1CCN(C(=O)NCc2cccc3cccnc23)CC1. The third kappa shape index (κ3) is 3.11. The number of fused-ring (bicyclic) bond motifs is 1. The van der Waals surface area contributed by atoms with Gasteiger partial charge in [0.05, 0.1) is 5.52 Å². The maximum absolute atomic E-state index is 12.3. The molecule has 1 aliphatic heterocycles. The van der Waals surface area contributed by atoms with Crippen molar-refractivity contribution in [3.8, 4) is 0 Å². The molecule has 1 aromatic carbocycles. The van der Waals surface area contributed by atoms with Gasteiger partial charge < -0.3 is 10.2 Å². The minimum atomic E-state index is 0.00967. The van der Waals surface area contributed by atoms with Crippen LogP contribution in [0.15, 0.2) is 49.2 Å². The number of amides is 2. The molecule has 1 saturated heterocycles. The minimum Gasteiger partial charge on any atom is -0.334 e. The molecule has 1 fully saturated rings. The molecule has 2 heterocycles. The van der Waals surface area contributed by atoms with Crippen molar-refractivity contribution in [2.45, 2.75) is 19.4 Å². The maximum Gasteiger partial charge on any atom is 0.317 e. The molecule has 2 amide bonds. The summed E-state index contributed by atoms with van der Waals surface area (Å²) in [7, 11) is 0. The lowest BCUT2D eigenvalue weighted by molar-refractivity contribution is 0.178. The minimum absolute atomic E-state index is 0.00967. The van der Waals surface area contributed by atoms with Crippen LogP contribution in [0.1, 0.15) is 18.4 Å². The second-order valence-electron chi connectivity index (χ2n) is 5.71. The Labute approximate surface area is 130 Å². The van der Waals surface area contributed by atoms with Gasteiger partial charge >= 0.3 is 6.03 Å². The zero-order valence-corrected chi connectivity index (χ0v) is 12.7. The summed E-state index contributed by atoms with van der Waals surface area (Å²) in [5.41, 5.74) is 2.00. The van der Waals surface area contributed by atoms with Crippen molar-refractivity contribution in [1.29, 1.82) is 0 Å². The Kier molecular flexibility index (Phi) is 4.37. The molecule has 114 valence electrons. The van der Waals surface area contributed by atoms with Crippen LogP contribution in [0, 0.1) is 5.92 Å². The number of hydrogen-bond acceptors (Lipinski definition) is 2. The third-order valence-electron chi connectivity index (χ3n) is 4.31. The van der Waals surface area contributed by atoms with Gasteiger partial charge in [0.1, 0.15) is 0 Å². The molecule has 1 N–H and O–H groups in total. The van der Waals surface area contributed by atoms with Gasteiger partial charge in [0.2, 0.25) is 0 Å². The molecule has 0 spiro atoms. The number of urea groups is 1. The zero-order valence-electron chi connectivity index (χ0n) is 12.7. The monoisotopic (exact) mass is 295 g/mol. The number of allylic oxidation sites excluding steroid dienone is 1. The van der Waals surface area contributed by atoms with E-state index in [9.17, 15) is 4.79 Å². The second kappa shape index (κ2) is 6.60. The average molecular weight is 295 g/mol. The van der Waals surface area contributed by atoms with Gasteiger partial charge in [-0.1, -0.05) is 30.3 Å². The van der Waals surface area contributed by atoms with Crippen LogP contribution >= 0.6 is 0 Å². The Morgan fingerprint density at radius 3 is 2.86 bits per heavy atom. The molecule has 4 heteroatoms. The highest BCUT2D eigenvalue weighted by Crippen LogP contribution is 2.18. The topological polar surface area (TPSA) is 45.2 Å². The highest BCUT2D eigenvalue weighted by Gasteiger charge is 2.20. The molecule has 4 nitrogen and oxygen atoms in total. The van der Waals surface area contributed by atoms with Crippen molar-refractivity contribution >= 4 is 16.9 Å². The van der Waals surface area contributed by atoms with Crippen LogP contribution in [0.25, 0.3) is 10.9 Å². The van der Waals surface area contributed by atoms with E-state index < -0.39 is 0 Å². The van der Waals surface area contributed by atoms with E-state index in [0.29, 0.717) is 12.5 Å². The summed E-state index contributed by atoms with van der Waals surface area (Å²) < 4.78 is 0. The van der Waals surface area contributed by atoms with E-state index in [1.807, 2.05) is 41.3 Å². The molecule has 0 bridgehead atoms. The molecular formula is C18H21N3O. The normalized spacial score (nSPS) is 15.7. The fourth-order valence-corrected chi connectivity index (χ4v) is 2.93. The Morgan fingerprint density at radius 2 is 2.09 bits per heavy atom. The predicted octanol–water partition coefficient (Wildman–Crippen LogP) is 3.34. The van der Waals surface area contributed by atoms with Gasteiger partial charge in [0.25, 0.3) is 0 Å². The number of likely N-dealkylation sites (tertiary alicyclic amines) is 1. The highest BCUT2D eigenvalue weighted by atomic mass is 16.2. The number of carbonyl (C=O) groups excluding carboxylic acids is 1. The lowest BCUT2D eigenvalue weighted by atomic mass is 9.97. The number of para-hydroxylation sites is 1. The van der Waals surface area contributed by atoms with Crippen LogP contribution < -0.4 is 5.32 Å². The summed E-state index contributed by atoms with van der Waals surface area (Å²) in [6.07, 6.45) is 5.80. The predicted molar refractivity (Wildman–Crippen MR) is 88.5 cm³/mol. The molecule has 3 rings (SSSR count). The van der Waals surface area contributed by atoms with Gasteiger partial charge in [-0.05, 0) is 30.4 Å². The summed E-state index contributed by atoms with van der Waals surface area (Å²) in [4.78, 5) is 18.6. The fourth-order valence-electron chi connectivity index (χ4n) is 2.93. The first kappa shape index (κ1) is 14.6. The first-order chi connectivity index (χ1) is 10.8. The van der Waals surface area contributed by atoms with Crippen molar-refractivity contribution in [3.63, 3.8) is 0 Å². The number of pyridine rings is 1. The number of nitrogens with zero attached hydrogens (tertiary/aromatic N) is 2. The molecule has 0 aliphatic carbocycles. The van der Waals surface area contributed by atoms with E-state index in [4.69, 9.17) is 0 Å². The molecule has 0 radical (unpaired) electrons. The summed E-state index contributed by atoms with van der Waals surface area (Å²) >= 11 is 0. The van der Waals surface area contributed by atoms with E-state index in [0.717, 1.165) is 42.4 Å². The van der Waals surface area contributed by atoms with E-state index in [-0.39, 0.29) is 6.03 Å². The number of rotatable bonds is 3. The Morgan fingerprint density at radius 1 is 1.32 bits per heavy atom. The average Bonchev–Trinajstić information content (AvgIpc) is 2.59. The van der Waals surface area contributed by atoms with E-state index in [1.54, 1.807) is 6.20 Å². The van der Waals surface area contributed by atoms with Crippen molar-refractivity contribution in [3.05, 3.63) is 54.7 Å². The standard InChI is InChI=1S/C18H21N3O/c1-2-14-8-11-21(12-9-14)18(22)20-13-16-6-3-5-15-7-4-10-19-17(15)16/h2-7,10,14H,1,8-9,11-13H2,(H,20,22). The number of piperidine rings is 1. The quantitative estimate of drug-likeness (QED) is 0.883. The fraction of sp³-hybridized carbons (Fsp3) is 0.333. The lowest BCUT2D eigenvalue weighted by Crippen LogP contribution is -2.44. The number of carbonyl (C=O) groups is 1. The van der Waals surface area contributed by atoms with Crippen LogP contribution in [0.4, 0.5) is 4.79 Å².